The first-order valence-corrected chi connectivity index (χ1v) is 5.63. The van der Waals surface area contributed by atoms with E-state index in [4.69, 9.17) is 9.47 Å². The normalized spacial score (nSPS) is 10.9. The quantitative estimate of drug-likeness (QED) is 0.846. The van der Waals surface area contributed by atoms with E-state index in [2.05, 4.69) is 21.2 Å². The molecule has 0 atom stereocenters. The maximum Gasteiger partial charge on any atom is 0.173 e. The first kappa shape index (κ1) is 13.4. The minimum atomic E-state index is -0.316. The van der Waals surface area contributed by atoms with Gasteiger partial charge in [0.15, 0.2) is 6.29 Å². The minimum Gasteiger partial charge on any atom is -0.380 e. The Labute approximate surface area is 103 Å². The molecule has 0 aliphatic heterocycles. The van der Waals surface area contributed by atoms with Crippen LogP contribution in [0.3, 0.4) is 0 Å². The van der Waals surface area contributed by atoms with Gasteiger partial charge >= 0.3 is 0 Å². The molecule has 0 heterocycles. The number of rotatable bonds is 5. The van der Waals surface area contributed by atoms with Crippen LogP contribution in [0.2, 0.25) is 0 Å². The molecule has 0 fully saturated rings. The van der Waals surface area contributed by atoms with Gasteiger partial charge in [0.05, 0.1) is 11.0 Å². The summed E-state index contributed by atoms with van der Waals surface area (Å²) in [4.78, 5) is 0. The van der Waals surface area contributed by atoms with E-state index >= 15 is 0 Å². The standard InChI is InChI=1S/C11H15BrFNO2/c1-7-4-9(13)8(12)5-10(7)14-6-11(15-2)16-3/h4-5,11,14H,6H2,1-3H3. The van der Waals surface area contributed by atoms with Crippen LogP contribution < -0.4 is 5.32 Å². The summed E-state index contributed by atoms with van der Waals surface area (Å²) in [5, 5.41) is 3.14. The number of aryl methyl sites for hydroxylation is 1. The number of halogens is 2. The van der Waals surface area contributed by atoms with E-state index in [1.54, 1.807) is 20.3 Å². The first-order chi connectivity index (χ1) is 7.58. The third-order valence-electron chi connectivity index (χ3n) is 2.25. The summed E-state index contributed by atoms with van der Waals surface area (Å²) in [5.74, 6) is -0.266. The highest BCUT2D eigenvalue weighted by atomic mass is 79.9. The molecule has 1 aromatic carbocycles. The zero-order valence-corrected chi connectivity index (χ0v) is 11.1. The van der Waals surface area contributed by atoms with Gasteiger partial charge in [0.1, 0.15) is 5.82 Å². The topological polar surface area (TPSA) is 30.5 Å². The third-order valence-corrected chi connectivity index (χ3v) is 2.86. The lowest BCUT2D eigenvalue weighted by Crippen LogP contribution is -2.23. The first-order valence-electron chi connectivity index (χ1n) is 4.83. The monoisotopic (exact) mass is 291 g/mol. The van der Waals surface area contributed by atoms with Crippen molar-refractivity contribution < 1.29 is 13.9 Å². The molecule has 0 aliphatic rings. The smallest absolute Gasteiger partial charge is 0.173 e. The molecular weight excluding hydrogens is 277 g/mol. The summed E-state index contributed by atoms with van der Waals surface area (Å²) in [5.41, 5.74) is 1.69. The summed E-state index contributed by atoms with van der Waals surface area (Å²) in [7, 11) is 3.15. The Morgan fingerprint density at radius 1 is 1.38 bits per heavy atom. The largest absolute Gasteiger partial charge is 0.380 e. The molecule has 0 spiro atoms. The Bertz CT molecular complexity index is 356. The van der Waals surface area contributed by atoms with Crippen LogP contribution in [0.15, 0.2) is 16.6 Å². The van der Waals surface area contributed by atoms with Crippen molar-refractivity contribution in [1.82, 2.24) is 0 Å². The van der Waals surface area contributed by atoms with Gasteiger partial charge in [0.2, 0.25) is 0 Å². The lowest BCUT2D eigenvalue weighted by atomic mass is 10.2. The van der Waals surface area contributed by atoms with E-state index < -0.39 is 0 Å². The van der Waals surface area contributed by atoms with Gasteiger partial charge in [0, 0.05) is 19.9 Å². The van der Waals surface area contributed by atoms with Crippen LogP contribution in [0.25, 0.3) is 0 Å². The molecule has 0 saturated carbocycles. The summed E-state index contributed by atoms with van der Waals surface area (Å²) in [6.45, 7) is 2.35. The van der Waals surface area contributed by atoms with Crippen LogP contribution in [0.5, 0.6) is 0 Å². The average molecular weight is 292 g/mol. The van der Waals surface area contributed by atoms with E-state index in [0.29, 0.717) is 11.0 Å². The van der Waals surface area contributed by atoms with Gasteiger partial charge in [-0.25, -0.2) is 4.39 Å². The Morgan fingerprint density at radius 2 is 2.00 bits per heavy atom. The van der Waals surface area contributed by atoms with E-state index in [9.17, 15) is 4.39 Å². The van der Waals surface area contributed by atoms with Crippen molar-refractivity contribution in [2.45, 2.75) is 13.2 Å². The molecule has 1 rings (SSSR count). The highest BCUT2D eigenvalue weighted by Crippen LogP contribution is 2.24. The SMILES string of the molecule is COC(CNc1cc(Br)c(F)cc1C)OC. The van der Waals surface area contributed by atoms with E-state index in [0.717, 1.165) is 11.3 Å². The molecule has 0 bridgehead atoms. The second-order valence-corrected chi connectivity index (χ2v) is 4.22. The zero-order valence-electron chi connectivity index (χ0n) is 9.51. The number of benzene rings is 1. The molecule has 0 unspecified atom stereocenters. The predicted molar refractivity (Wildman–Crippen MR) is 65.1 cm³/mol. The average Bonchev–Trinajstić information content (AvgIpc) is 2.26. The van der Waals surface area contributed by atoms with Gasteiger partial charge < -0.3 is 14.8 Å². The molecule has 90 valence electrons. The maximum atomic E-state index is 13.2. The van der Waals surface area contributed by atoms with Crippen LogP contribution in [0.4, 0.5) is 10.1 Å². The molecular formula is C11H15BrFNO2. The van der Waals surface area contributed by atoms with E-state index in [1.807, 2.05) is 6.92 Å². The minimum absolute atomic E-state index is 0.266. The van der Waals surface area contributed by atoms with Crippen molar-refractivity contribution in [3.8, 4) is 0 Å². The van der Waals surface area contributed by atoms with Crippen LogP contribution in [0.1, 0.15) is 5.56 Å². The van der Waals surface area contributed by atoms with Crippen molar-refractivity contribution >= 4 is 21.6 Å². The summed E-state index contributed by atoms with van der Waals surface area (Å²) < 4.78 is 23.7. The molecule has 1 N–H and O–H groups in total. The van der Waals surface area contributed by atoms with E-state index in [1.165, 1.54) is 6.07 Å². The molecule has 0 aromatic heterocycles. The number of nitrogens with one attached hydrogen (secondary N) is 1. The summed E-state index contributed by atoms with van der Waals surface area (Å²) in [6, 6.07) is 3.17. The van der Waals surface area contributed by atoms with Crippen molar-refractivity contribution in [1.29, 1.82) is 0 Å². The molecule has 0 aliphatic carbocycles. The second kappa shape index (κ2) is 6.18. The summed E-state index contributed by atoms with van der Waals surface area (Å²) >= 11 is 3.14. The lowest BCUT2D eigenvalue weighted by molar-refractivity contribution is -0.0914. The highest BCUT2D eigenvalue weighted by molar-refractivity contribution is 9.10. The Morgan fingerprint density at radius 3 is 2.56 bits per heavy atom. The van der Waals surface area contributed by atoms with Crippen molar-refractivity contribution in [2.24, 2.45) is 0 Å². The number of hydrogen-bond acceptors (Lipinski definition) is 3. The maximum absolute atomic E-state index is 13.2. The molecule has 0 amide bonds. The van der Waals surface area contributed by atoms with Crippen molar-refractivity contribution in [3.63, 3.8) is 0 Å². The molecule has 3 nitrogen and oxygen atoms in total. The Hall–Kier alpha value is -0.650. The van der Waals surface area contributed by atoms with Gasteiger partial charge in [-0.05, 0) is 40.5 Å². The van der Waals surface area contributed by atoms with Gasteiger partial charge in [-0.15, -0.1) is 0 Å². The van der Waals surface area contributed by atoms with Crippen LogP contribution in [-0.4, -0.2) is 27.1 Å². The van der Waals surface area contributed by atoms with Crippen LogP contribution in [-0.2, 0) is 9.47 Å². The number of methoxy groups -OCH3 is 2. The third kappa shape index (κ3) is 3.43. The van der Waals surface area contributed by atoms with Gasteiger partial charge in [-0.2, -0.15) is 0 Å². The number of hydrogen-bond donors (Lipinski definition) is 1. The Balaban J connectivity index is 2.70. The Kier molecular flexibility index (Phi) is 5.18. The predicted octanol–water partition coefficient (Wildman–Crippen LogP) is 2.93. The molecule has 0 radical (unpaired) electrons. The molecule has 0 saturated heterocycles. The van der Waals surface area contributed by atoms with Crippen LogP contribution >= 0.6 is 15.9 Å². The van der Waals surface area contributed by atoms with Crippen molar-refractivity contribution in [3.05, 3.63) is 28.0 Å². The molecule has 1 aromatic rings. The number of ether oxygens (including phenoxy) is 2. The lowest BCUT2D eigenvalue weighted by Gasteiger charge is -2.16. The fourth-order valence-electron chi connectivity index (χ4n) is 1.29. The second-order valence-electron chi connectivity index (χ2n) is 3.36. The fourth-order valence-corrected chi connectivity index (χ4v) is 1.64. The molecule has 5 heteroatoms. The van der Waals surface area contributed by atoms with Gasteiger partial charge in [0.25, 0.3) is 0 Å². The van der Waals surface area contributed by atoms with Crippen LogP contribution in [0, 0.1) is 12.7 Å². The summed E-state index contributed by atoms with van der Waals surface area (Å²) in [6.07, 6.45) is -0.316. The van der Waals surface area contributed by atoms with Gasteiger partial charge in [-0.3, -0.25) is 0 Å². The zero-order chi connectivity index (χ0) is 12.1. The fraction of sp³-hybridized carbons (Fsp3) is 0.455. The molecule has 16 heavy (non-hydrogen) atoms. The van der Waals surface area contributed by atoms with E-state index in [-0.39, 0.29) is 12.1 Å². The highest BCUT2D eigenvalue weighted by Gasteiger charge is 2.08. The number of anilines is 1. The van der Waals surface area contributed by atoms with Gasteiger partial charge in [-0.1, -0.05) is 0 Å². The van der Waals surface area contributed by atoms with Crippen molar-refractivity contribution in [2.75, 3.05) is 26.1 Å².